The smallest absolute Gasteiger partial charge is 0.317 e. The molecule has 0 aliphatic carbocycles. The van der Waals surface area contributed by atoms with E-state index in [1.165, 1.54) is 19.4 Å². The highest BCUT2D eigenvalue weighted by atomic mass is 16.3. The van der Waals surface area contributed by atoms with Gasteiger partial charge < -0.3 is 20.2 Å². The summed E-state index contributed by atoms with van der Waals surface area (Å²) in [5.74, 6) is 0.795. The summed E-state index contributed by atoms with van der Waals surface area (Å²) in [5.41, 5.74) is 0. The van der Waals surface area contributed by atoms with Gasteiger partial charge in [0.2, 0.25) is 0 Å². The van der Waals surface area contributed by atoms with Crippen molar-refractivity contribution in [3.8, 4) is 0 Å². The predicted molar refractivity (Wildman–Crippen MR) is 88.8 cm³/mol. The number of likely N-dealkylation sites (tertiary alicyclic amines) is 2. The van der Waals surface area contributed by atoms with E-state index in [0.717, 1.165) is 32.5 Å². The minimum atomic E-state index is -0.325. The highest BCUT2D eigenvalue weighted by Crippen LogP contribution is 2.20. The molecule has 0 aromatic heterocycles. The maximum absolute atomic E-state index is 12.3. The molecule has 2 aliphatic heterocycles. The molecule has 22 heavy (non-hydrogen) atoms. The normalized spacial score (nSPS) is 28.7. The molecule has 2 heterocycles. The molecule has 2 N–H and O–H groups in total. The first-order valence-electron chi connectivity index (χ1n) is 8.92. The minimum absolute atomic E-state index is 0.0482. The lowest BCUT2D eigenvalue weighted by molar-refractivity contribution is 0.0731. The number of hydrogen-bond donors (Lipinski definition) is 2. The van der Waals surface area contributed by atoms with Crippen LogP contribution in [0.2, 0.25) is 0 Å². The van der Waals surface area contributed by atoms with Gasteiger partial charge in [0.25, 0.3) is 0 Å². The lowest BCUT2D eigenvalue weighted by Gasteiger charge is -2.37. The van der Waals surface area contributed by atoms with E-state index in [1.807, 2.05) is 11.8 Å². The van der Waals surface area contributed by atoms with Gasteiger partial charge in [-0.1, -0.05) is 0 Å². The van der Waals surface area contributed by atoms with Crippen LogP contribution in [0.15, 0.2) is 0 Å². The van der Waals surface area contributed by atoms with Crippen LogP contribution in [0.3, 0.4) is 0 Å². The number of nitrogens with one attached hydrogen (secondary N) is 1. The number of amides is 2. The summed E-state index contributed by atoms with van der Waals surface area (Å²) >= 11 is 0. The number of carbonyl (C=O) groups excluding carboxylic acids is 1. The molecule has 128 valence electrons. The molecule has 2 amide bonds. The molecular formula is C17H33N3O2. The van der Waals surface area contributed by atoms with Crippen LogP contribution in [0, 0.1) is 11.8 Å². The summed E-state index contributed by atoms with van der Waals surface area (Å²) in [6.45, 7) is 10.9. The van der Waals surface area contributed by atoms with Gasteiger partial charge in [-0.25, -0.2) is 4.79 Å². The Kier molecular flexibility index (Phi) is 6.50. The van der Waals surface area contributed by atoms with Crippen molar-refractivity contribution in [3.05, 3.63) is 0 Å². The van der Waals surface area contributed by atoms with Gasteiger partial charge in [-0.2, -0.15) is 0 Å². The number of aliphatic hydroxyl groups is 1. The molecule has 2 aliphatic rings. The van der Waals surface area contributed by atoms with Crippen LogP contribution in [-0.2, 0) is 0 Å². The fourth-order valence-electron chi connectivity index (χ4n) is 3.66. The highest BCUT2D eigenvalue weighted by molar-refractivity contribution is 5.74. The number of piperidine rings is 2. The SMILES string of the molecule is CC(O)C1CCCN(C(=O)NCC2CCCN(C(C)C)C2)C1. The van der Waals surface area contributed by atoms with Crippen molar-refractivity contribution in [2.24, 2.45) is 11.8 Å². The third-order valence-electron chi connectivity index (χ3n) is 5.25. The van der Waals surface area contributed by atoms with Crippen LogP contribution in [0.1, 0.15) is 46.5 Å². The molecule has 0 bridgehead atoms. The van der Waals surface area contributed by atoms with E-state index >= 15 is 0 Å². The molecule has 5 heteroatoms. The van der Waals surface area contributed by atoms with E-state index < -0.39 is 0 Å². The van der Waals surface area contributed by atoms with Crippen molar-refractivity contribution in [1.82, 2.24) is 15.1 Å². The fourth-order valence-corrected chi connectivity index (χ4v) is 3.66. The van der Waals surface area contributed by atoms with Gasteiger partial charge in [0.05, 0.1) is 6.10 Å². The lowest BCUT2D eigenvalue weighted by atomic mass is 9.93. The van der Waals surface area contributed by atoms with E-state index in [0.29, 0.717) is 18.5 Å². The number of urea groups is 1. The number of aliphatic hydroxyl groups excluding tert-OH is 1. The third kappa shape index (κ3) is 4.85. The van der Waals surface area contributed by atoms with Crippen molar-refractivity contribution < 1.29 is 9.90 Å². The Bertz CT molecular complexity index is 360. The van der Waals surface area contributed by atoms with Crippen LogP contribution in [0.25, 0.3) is 0 Å². The average Bonchev–Trinajstić information content (AvgIpc) is 2.53. The summed E-state index contributed by atoms with van der Waals surface area (Å²) < 4.78 is 0. The zero-order valence-corrected chi connectivity index (χ0v) is 14.4. The number of rotatable bonds is 4. The molecular weight excluding hydrogens is 278 g/mol. The second-order valence-corrected chi connectivity index (χ2v) is 7.37. The van der Waals surface area contributed by atoms with Crippen molar-refractivity contribution >= 4 is 6.03 Å². The fraction of sp³-hybridized carbons (Fsp3) is 0.941. The first-order chi connectivity index (χ1) is 10.5. The molecule has 0 radical (unpaired) electrons. The average molecular weight is 311 g/mol. The van der Waals surface area contributed by atoms with Gasteiger partial charge in [0.15, 0.2) is 0 Å². The number of carbonyl (C=O) groups is 1. The summed E-state index contributed by atoms with van der Waals surface area (Å²) in [6, 6.07) is 0.638. The maximum Gasteiger partial charge on any atom is 0.317 e. The summed E-state index contributed by atoms with van der Waals surface area (Å²) in [6.07, 6.45) is 4.13. The van der Waals surface area contributed by atoms with Crippen molar-refractivity contribution in [3.63, 3.8) is 0 Å². The van der Waals surface area contributed by atoms with E-state index in [9.17, 15) is 9.90 Å². The Morgan fingerprint density at radius 2 is 1.91 bits per heavy atom. The standard InChI is InChI=1S/C17H33N3O2/c1-13(2)19-8-4-6-15(11-19)10-18-17(22)20-9-5-7-16(12-20)14(3)21/h13-16,21H,4-12H2,1-3H3,(H,18,22). The van der Waals surface area contributed by atoms with Gasteiger partial charge in [0.1, 0.15) is 0 Å². The first-order valence-corrected chi connectivity index (χ1v) is 8.92. The second-order valence-electron chi connectivity index (χ2n) is 7.37. The number of nitrogens with zero attached hydrogens (tertiary/aromatic N) is 2. The van der Waals surface area contributed by atoms with Gasteiger partial charge in [-0.3, -0.25) is 0 Å². The molecule has 5 nitrogen and oxygen atoms in total. The maximum atomic E-state index is 12.3. The monoisotopic (exact) mass is 311 g/mol. The zero-order chi connectivity index (χ0) is 16.1. The largest absolute Gasteiger partial charge is 0.393 e. The van der Waals surface area contributed by atoms with Crippen molar-refractivity contribution in [1.29, 1.82) is 0 Å². The molecule has 2 saturated heterocycles. The Morgan fingerprint density at radius 3 is 2.59 bits per heavy atom. The van der Waals surface area contributed by atoms with Crippen molar-refractivity contribution in [2.75, 3.05) is 32.7 Å². The topological polar surface area (TPSA) is 55.8 Å². The van der Waals surface area contributed by atoms with Crippen LogP contribution < -0.4 is 5.32 Å². The molecule has 0 aromatic rings. The van der Waals surface area contributed by atoms with Gasteiger partial charge in [-0.15, -0.1) is 0 Å². The molecule has 0 spiro atoms. The van der Waals surface area contributed by atoms with Crippen LogP contribution >= 0.6 is 0 Å². The van der Waals surface area contributed by atoms with Crippen LogP contribution in [0.5, 0.6) is 0 Å². The first kappa shape index (κ1) is 17.5. The van der Waals surface area contributed by atoms with E-state index in [1.54, 1.807) is 0 Å². The minimum Gasteiger partial charge on any atom is -0.393 e. The van der Waals surface area contributed by atoms with E-state index in [-0.39, 0.29) is 18.1 Å². The van der Waals surface area contributed by atoms with Crippen LogP contribution in [0.4, 0.5) is 4.79 Å². The van der Waals surface area contributed by atoms with Gasteiger partial charge in [-0.05, 0) is 58.9 Å². The van der Waals surface area contributed by atoms with E-state index in [4.69, 9.17) is 0 Å². The molecule has 2 fully saturated rings. The molecule has 3 unspecified atom stereocenters. The molecule has 2 rings (SSSR count). The summed E-state index contributed by atoms with van der Waals surface area (Å²) in [4.78, 5) is 16.7. The van der Waals surface area contributed by atoms with Gasteiger partial charge in [0, 0.05) is 38.1 Å². The Morgan fingerprint density at radius 1 is 1.18 bits per heavy atom. The van der Waals surface area contributed by atoms with Crippen LogP contribution in [-0.4, -0.2) is 65.8 Å². The molecule has 3 atom stereocenters. The predicted octanol–water partition coefficient (Wildman–Crippen LogP) is 1.91. The van der Waals surface area contributed by atoms with Gasteiger partial charge >= 0.3 is 6.03 Å². The molecule has 0 aromatic carbocycles. The van der Waals surface area contributed by atoms with Crippen molar-refractivity contribution in [2.45, 2.75) is 58.6 Å². The Balaban J connectivity index is 1.75. The lowest BCUT2D eigenvalue weighted by Crippen LogP contribution is -2.50. The Hall–Kier alpha value is -0.810. The third-order valence-corrected chi connectivity index (χ3v) is 5.25. The number of hydrogen-bond acceptors (Lipinski definition) is 3. The highest BCUT2D eigenvalue weighted by Gasteiger charge is 2.27. The quantitative estimate of drug-likeness (QED) is 0.834. The summed E-state index contributed by atoms with van der Waals surface area (Å²) in [5, 5.41) is 12.8. The molecule has 0 saturated carbocycles. The Labute approximate surface area is 135 Å². The second kappa shape index (κ2) is 8.16. The summed E-state index contributed by atoms with van der Waals surface area (Å²) in [7, 11) is 0. The zero-order valence-electron chi connectivity index (χ0n) is 14.4. The van der Waals surface area contributed by atoms with E-state index in [2.05, 4.69) is 24.1 Å².